The molecule has 2 rings (SSSR count). The number of hydrogen-bond acceptors (Lipinski definition) is 1. The molecule has 0 fully saturated rings. The summed E-state index contributed by atoms with van der Waals surface area (Å²) in [5.41, 5.74) is 3.05. The van der Waals surface area contributed by atoms with Crippen molar-refractivity contribution in [1.29, 1.82) is 0 Å². The average molecular weight is 297 g/mol. The van der Waals surface area contributed by atoms with E-state index < -0.39 is 6.61 Å². The van der Waals surface area contributed by atoms with E-state index in [1.54, 1.807) is 12.1 Å². The van der Waals surface area contributed by atoms with Gasteiger partial charge in [-0.3, -0.25) is 0 Å². The van der Waals surface area contributed by atoms with Crippen LogP contribution < -0.4 is 4.74 Å². The highest BCUT2D eigenvalue weighted by Gasteiger charge is 2.11. The first-order valence-electron chi connectivity index (χ1n) is 6.29. The van der Waals surface area contributed by atoms with Crippen LogP contribution in [0, 0.1) is 6.92 Å². The molecule has 0 radical (unpaired) electrons. The lowest BCUT2D eigenvalue weighted by Crippen LogP contribution is -2.03. The van der Waals surface area contributed by atoms with Crippen molar-refractivity contribution in [1.82, 2.24) is 0 Å². The van der Waals surface area contributed by atoms with E-state index in [-0.39, 0.29) is 11.1 Å². The Bertz CT molecular complexity index is 572. The summed E-state index contributed by atoms with van der Waals surface area (Å²) in [6, 6.07) is 14.6. The number of alkyl halides is 3. The Morgan fingerprint density at radius 3 is 2.55 bits per heavy atom. The topological polar surface area (TPSA) is 9.23 Å². The fourth-order valence-corrected chi connectivity index (χ4v) is 2.36. The first-order chi connectivity index (χ1) is 9.54. The summed E-state index contributed by atoms with van der Waals surface area (Å²) < 4.78 is 28.8. The van der Waals surface area contributed by atoms with Crippen LogP contribution in [0.3, 0.4) is 0 Å². The van der Waals surface area contributed by atoms with Crippen LogP contribution in [-0.2, 0) is 6.42 Å². The minimum atomic E-state index is -2.82. The fourth-order valence-electron chi connectivity index (χ4n) is 2.05. The second kappa shape index (κ2) is 6.71. The Morgan fingerprint density at radius 2 is 1.85 bits per heavy atom. The van der Waals surface area contributed by atoms with Gasteiger partial charge >= 0.3 is 6.61 Å². The van der Waals surface area contributed by atoms with E-state index in [0.29, 0.717) is 6.42 Å². The van der Waals surface area contributed by atoms with Gasteiger partial charge in [-0.1, -0.05) is 42.0 Å². The van der Waals surface area contributed by atoms with Crippen molar-refractivity contribution in [2.75, 3.05) is 0 Å². The number of hydrogen-bond donors (Lipinski definition) is 0. The molecular formula is C16H15ClF2O. The van der Waals surface area contributed by atoms with Gasteiger partial charge in [0.05, 0.1) is 5.38 Å². The number of halogens is 3. The maximum Gasteiger partial charge on any atom is 0.387 e. The second-order valence-electron chi connectivity index (χ2n) is 4.61. The van der Waals surface area contributed by atoms with Gasteiger partial charge in [-0.15, -0.1) is 11.6 Å². The van der Waals surface area contributed by atoms with E-state index in [2.05, 4.69) is 10.8 Å². The van der Waals surface area contributed by atoms with E-state index in [9.17, 15) is 8.78 Å². The predicted molar refractivity (Wildman–Crippen MR) is 76.6 cm³/mol. The molecule has 4 heteroatoms. The molecule has 0 N–H and O–H groups in total. The molecule has 2 aromatic rings. The number of aryl methyl sites for hydroxylation is 1. The predicted octanol–water partition coefficient (Wildman–Crippen LogP) is 5.12. The third kappa shape index (κ3) is 4.20. The number of rotatable bonds is 5. The number of benzene rings is 2. The summed E-state index contributed by atoms with van der Waals surface area (Å²) >= 11 is 6.36. The van der Waals surface area contributed by atoms with Crippen molar-refractivity contribution in [3.63, 3.8) is 0 Å². The summed E-state index contributed by atoms with van der Waals surface area (Å²) in [7, 11) is 0. The van der Waals surface area contributed by atoms with Gasteiger partial charge in [0.15, 0.2) is 0 Å². The van der Waals surface area contributed by atoms with Crippen LogP contribution in [-0.4, -0.2) is 6.61 Å². The van der Waals surface area contributed by atoms with Gasteiger partial charge in [0.25, 0.3) is 0 Å². The van der Waals surface area contributed by atoms with Gasteiger partial charge in [0.1, 0.15) is 5.75 Å². The van der Waals surface area contributed by atoms with E-state index in [0.717, 1.165) is 11.1 Å². The SMILES string of the molecule is Cc1cccc(CC(Cl)c2cccc(OC(F)F)c2)c1. The molecular weight excluding hydrogens is 282 g/mol. The molecule has 1 nitrogen and oxygen atoms in total. The minimum absolute atomic E-state index is 0.132. The van der Waals surface area contributed by atoms with Gasteiger partial charge in [-0.05, 0) is 36.6 Å². The van der Waals surface area contributed by atoms with Gasteiger partial charge in [0, 0.05) is 0 Å². The molecule has 0 bridgehead atoms. The molecule has 0 aliphatic carbocycles. The standard InChI is InChI=1S/C16H15ClF2O/c1-11-4-2-5-12(8-11)9-15(17)13-6-3-7-14(10-13)20-16(18)19/h2-8,10,15-16H,9H2,1H3. The minimum Gasteiger partial charge on any atom is -0.435 e. The summed E-state index contributed by atoms with van der Waals surface area (Å²) in [5.74, 6) is 0.132. The second-order valence-corrected chi connectivity index (χ2v) is 5.14. The van der Waals surface area contributed by atoms with Crippen LogP contribution in [0.15, 0.2) is 48.5 Å². The van der Waals surface area contributed by atoms with Crippen molar-refractivity contribution >= 4 is 11.6 Å². The molecule has 0 spiro atoms. The molecule has 0 saturated heterocycles. The van der Waals surface area contributed by atoms with Crippen LogP contribution in [0.25, 0.3) is 0 Å². The summed E-state index contributed by atoms with van der Waals surface area (Å²) in [6.07, 6.45) is 0.640. The normalized spacial score (nSPS) is 12.4. The maximum atomic E-state index is 12.2. The molecule has 2 aromatic carbocycles. The van der Waals surface area contributed by atoms with E-state index in [1.807, 2.05) is 31.2 Å². The Labute approximate surface area is 122 Å². The Balaban J connectivity index is 2.10. The number of ether oxygens (including phenoxy) is 1. The summed E-state index contributed by atoms with van der Waals surface area (Å²) in [6.45, 7) is -0.806. The zero-order valence-corrected chi connectivity index (χ0v) is 11.8. The molecule has 1 atom stereocenters. The maximum absolute atomic E-state index is 12.2. The highest BCUT2D eigenvalue weighted by Crippen LogP contribution is 2.28. The average Bonchev–Trinajstić information content (AvgIpc) is 2.38. The first kappa shape index (κ1) is 14.8. The lowest BCUT2D eigenvalue weighted by Gasteiger charge is -2.12. The largest absolute Gasteiger partial charge is 0.435 e. The molecule has 0 aliphatic rings. The summed E-state index contributed by atoms with van der Waals surface area (Å²) in [5, 5.41) is -0.280. The molecule has 0 amide bonds. The zero-order chi connectivity index (χ0) is 14.5. The van der Waals surface area contributed by atoms with Gasteiger partial charge in [0.2, 0.25) is 0 Å². The third-order valence-corrected chi connectivity index (χ3v) is 3.35. The van der Waals surface area contributed by atoms with Crippen molar-refractivity contribution in [2.45, 2.75) is 25.3 Å². The van der Waals surface area contributed by atoms with Gasteiger partial charge in [-0.25, -0.2) is 0 Å². The van der Waals surface area contributed by atoms with Crippen LogP contribution in [0.2, 0.25) is 0 Å². The third-order valence-electron chi connectivity index (χ3n) is 2.94. The molecule has 0 aliphatic heterocycles. The first-order valence-corrected chi connectivity index (χ1v) is 6.72. The van der Waals surface area contributed by atoms with Crippen molar-refractivity contribution in [3.05, 3.63) is 65.2 Å². The van der Waals surface area contributed by atoms with Gasteiger partial charge in [-0.2, -0.15) is 8.78 Å². The molecule has 20 heavy (non-hydrogen) atoms. The smallest absolute Gasteiger partial charge is 0.387 e. The van der Waals surface area contributed by atoms with E-state index >= 15 is 0 Å². The van der Waals surface area contributed by atoms with Crippen LogP contribution in [0.5, 0.6) is 5.75 Å². The zero-order valence-electron chi connectivity index (χ0n) is 11.0. The van der Waals surface area contributed by atoms with Crippen molar-refractivity contribution in [3.8, 4) is 5.75 Å². The Kier molecular flexibility index (Phi) is 4.96. The van der Waals surface area contributed by atoms with E-state index in [1.165, 1.54) is 11.6 Å². The molecule has 0 heterocycles. The Hall–Kier alpha value is -1.61. The lowest BCUT2D eigenvalue weighted by atomic mass is 10.0. The van der Waals surface area contributed by atoms with Crippen LogP contribution in [0.1, 0.15) is 22.1 Å². The fraction of sp³-hybridized carbons (Fsp3) is 0.250. The monoisotopic (exact) mass is 296 g/mol. The van der Waals surface area contributed by atoms with E-state index in [4.69, 9.17) is 11.6 Å². The molecule has 0 aromatic heterocycles. The van der Waals surface area contributed by atoms with Gasteiger partial charge < -0.3 is 4.74 Å². The molecule has 106 valence electrons. The van der Waals surface area contributed by atoms with Crippen LogP contribution in [0.4, 0.5) is 8.78 Å². The molecule has 0 saturated carbocycles. The van der Waals surface area contributed by atoms with Crippen molar-refractivity contribution in [2.24, 2.45) is 0 Å². The quantitative estimate of drug-likeness (QED) is 0.696. The van der Waals surface area contributed by atoms with Crippen LogP contribution >= 0.6 is 11.6 Å². The highest BCUT2D eigenvalue weighted by molar-refractivity contribution is 6.20. The summed E-state index contributed by atoms with van der Waals surface area (Å²) in [4.78, 5) is 0. The Morgan fingerprint density at radius 1 is 1.10 bits per heavy atom. The highest BCUT2D eigenvalue weighted by atomic mass is 35.5. The molecule has 1 unspecified atom stereocenters. The lowest BCUT2D eigenvalue weighted by molar-refractivity contribution is -0.0498. The van der Waals surface area contributed by atoms with Crippen molar-refractivity contribution < 1.29 is 13.5 Å².